The third kappa shape index (κ3) is 11.9. The number of likely N-dealkylation sites (N-methyl/N-ethyl adjacent to an activating group) is 1. The third-order valence-corrected chi connectivity index (χ3v) is 1.01. The Bertz CT molecular complexity index is 154. The maximum Gasteiger partial charge on any atom is 0.0196 e. The fraction of sp³-hybridized carbons (Fsp3) is 0.455. The highest BCUT2D eigenvalue weighted by Crippen LogP contribution is 1.94. The van der Waals surface area contributed by atoms with Gasteiger partial charge in [0.1, 0.15) is 0 Å². The first-order valence-electron chi connectivity index (χ1n) is 4.32. The molecule has 70 valence electrons. The van der Waals surface area contributed by atoms with Crippen LogP contribution in [-0.4, -0.2) is 13.6 Å². The SMILES string of the molecule is C=C(C)/C=C\C(=C)CNC.CC. The van der Waals surface area contributed by atoms with Gasteiger partial charge >= 0.3 is 0 Å². The van der Waals surface area contributed by atoms with Crippen molar-refractivity contribution in [2.24, 2.45) is 0 Å². The second-order valence-electron chi connectivity index (χ2n) is 2.37. The molecule has 0 heterocycles. The second-order valence-corrected chi connectivity index (χ2v) is 2.37. The van der Waals surface area contributed by atoms with E-state index in [0.717, 1.165) is 17.7 Å². The zero-order chi connectivity index (χ0) is 9.98. The first-order chi connectivity index (χ1) is 5.66. The van der Waals surface area contributed by atoms with Crippen molar-refractivity contribution < 1.29 is 0 Å². The van der Waals surface area contributed by atoms with Crippen LogP contribution in [0.3, 0.4) is 0 Å². The van der Waals surface area contributed by atoms with Crippen molar-refractivity contribution in [2.75, 3.05) is 13.6 Å². The minimum absolute atomic E-state index is 0.837. The molecular formula is C11H21N. The average molecular weight is 167 g/mol. The minimum atomic E-state index is 0.837. The summed E-state index contributed by atoms with van der Waals surface area (Å²) in [6.45, 7) is 14.4. The van der Waals surface area contributed by atoms with Gasteiger partial charge < -0.3 is 5.32 Å². The number of rotatable bonds is 4. The third-order valence-electron chi connectivity index (χ3n) is 1.01. The first-order valence-corrected chi connectivity index (χ1v) is 4.32. The quantitative estimate of drug-likeness (QED) is 0.635. The molecule has 0 saturated carbocycles. The van der Waals surface area contributed by atoms with Crippen LogP contribution in [-0.2, 0) is 0 Å². The van der Waals surface area contributed by atoms with Crippen molar-refractivity contribution in [3.8, 4) is 0 Å². The number of nitrogens with one attached hydrogen (secondary N) is 1. The van der Waals surface area contributed by atoms with Gasteiger partial charge in [0.15, 0.2) is 0 Å². The smallest absolute Gasteiger partial charge is 0.0196 e. The lowest BCUT2D eigenvalue weighted by atomic mass is 10.2. The van der Waals surface area contributed by atoms with E-state index in [-0.39, 0.29) is 0 Å². The van der Waals surface area contributed by atoms with Crippen molar-refractivity contribution in [2.45, 2.75) is 20.8 Å². The molecule has 0 aliphatic heterocycles. The molecular weight excluding hydrogens is 146 g/mol. The molecule has 1 heteroatoms. The summed E-state index contributed by atoms with van der Waals surface area (Å²) >= 11 is 0. The Balaban J connectivity index is 0. The van der Waals surface area contributed by atoms with Gasteiger partial charge in [0.05, 0.1) is 0 Å². The zero-order valence-corrected chi connectivity index (χ0v) is 8.78. The molecule has 12 heavy (non-hydrogen) atoms. The highest BCUT2D eigenvalue weighted by Gasteiger charge is 1.82. The average Bonchev–Trinajstić information content (AvgIpc) is 2.05. The van der Waals surface area contributed by atoms with Gasteiger partial charge in [0.2, 0.25) is 0 Å². The zero-order valence-electron chi connectivity index (χ0n) is 8.78. The van der Waals surface area contributed by atoms with E-state index >= 15 is 0 Å². The molecule has 0 radical (unpaired) electrons. The van der Waals surface area contributed by atoms with Crippen molar-refractivity contribution >= 4 is 0 Å². The van der Waals surface area contributed by atoms with Crippen LogP contribution in [0, 0.1) is 0 Å². The summed E-state index contributed by atoms with van der Waals surface area (Å²) in [6, 6.07) is 0. The molecule has 0 aromatic heterocycles. The van der Waals surface area contributed by atoms with Gasteiger partial charge in [-0.2, -0.15) is 0 Å². The van der Waals surface area contributed by atoms with Gasteiger partial charge in [-0.05, 0) is 19.5 Å². The van der Waals surface area contributed by atoms with Gasteiger partial charge in [-0.25, -0.2) is 0 Å². The Kier molecular flexibility index (Phi) is 11.7. The maximum atomic E-state index is 3.83. The summed E-state index contributed by atoms with van der Waals surface area (Å²) in [5.74, 6) is 0. The van der Waals surface area contributed by atoms with E-state index in [0.29, 0.717) is 0 Å². The fourth-order valence-corrected chi connectivity index (χ4v) is 0.546. The first kappa shape index (κ1) is 13.7. The van der Waals surface area contributed by atoms with Crippen LogP contribution in [0.1, 0.15) is 20.8 Å². The van der Waals surface area contributed by atoms with E-state index in [9.17, 15) is 0 Å². The van der Waals surface area contributed by atoms with E-state index in [2.05, 4.69) is 18.5 Å². The molecule has 1 nitrogen and oxygen atoms in total. The Hall–Kier alpha value is -0.820. The van der Waals surface area contributed by atoms with Crippen LogP contribution in [0.2, 0.25) is 0 Å². The van der Waals surface area contributed by atoms with Crippen LogP contribution in [0.25, 0.3) is 0 Å². The molecule has 0 amide bonds. The lowest BCUT2D eigenvalue weighted by Gasteiger charge is -1.95. The van der Waals surface area contributed by atoms with Gasteiger partial charge in [0, 0.05) is 6.54 Å². The van der Waals surface area contributed by atoms with Crippen LogP contribution < -0.4 is 5.32 Å². The Labute approximate surface area is 76.9 Å². The van der Waals surface area contributed by atoms with Crippen molar-refractivity contribution in [3.05, 3.63) is 36.5 Å². The van der Waals surface area contributed by atoms with Crippen molar-refractivity contribution in [1.82, 2.24) is 5.32 Å². The lowest BCUT2D eigenvalue weighted by molar-refractivity contribution is 0.898. The van der Waals surface area contributed by atoms with Gasteiger partial charge in [-0.3, -0.25) is 0 Å². The summed E-state index contributed by atoms with van der Waals surface area (Å²) in [4.78, 5) is 0. The van der Waals surface area contributed by atoms with Gasteiger partial charge in [-0.1, -0.05) is 44.7 Å². The predicted molar refractivity (Wildman–Crippen MR) is 58.4 cm³/mol. The van der Waals surface area contributed by atoms with E-state index in [4.69, 9.17) is 0 Å². The number of allylic oxidation sites excluding steroid dienone is 2. The van der Waals surface area contributed by atoms with Crippen LogP contribution in [0.15, 0.2) is 36.5 Å². The lowest BCUT2D eigenvalue weighted by Crippen LogP contribution is -2.08. The maximum absolute atomic E-state index is 3.83. The molecule has 0 aromatic rings. The highest BCUT2D eigenvalue weighted by molar-refractivity contribution is 5.23. The Morgan fingerprint density at radius 3 is 2.08 bits per heavy atom. The molecule has 0 rings (SSSR count). The minimum Gasteiger partial charge on any atom is -0.316 e. The van der Waals surface area contributed by atoms with E-state index in [1.165, 1.54) is 0 Å². The fourth-order valence-electron chi connectivity index (χ4n) is 0.546. The molecule has 0 aliphatic carbocycles. The topological polar surface area (TPSA) is 12.0 Å². The molecule has 0 bridgehead atoms. The molecule has 1 N–H and O–H groups in total. The summed E-state index contributed by atoms with van der Waals surface area (Å²) in [6.07, 6.45) is 3.93. The summed E-state index contributed by atoms with van der Waals surface area (Å²) in [5, 5.41) is 3.01. The molecule has 0 saturated heterocycles. The van der Waals surface area contributed by atoms with Crippen LogP contribution in [0.4, 0.5) is 0 Å². The van der Waals surface area contributed by atoms with Gasteiger partial charge in [-0.15, -0.1) is 0 Å². The van der Waals surface area contributed by atoms with Crippen molar-refractivity contribution in [1.29, 1.82) is 0 Å². The second kappa shape index (κ2) is 10.2. The standard InChI is InChI=1S/C9H15N.C2H6/c1-8(2)5-6-9(3)7-10-4;1-2/h5-6,10H,1,3,7H2,2,4H3;1-2H3/b6-5-;. The number of hydrogen-bond acceptors (Lipinski definition) is 1. The van der Waals surface area contributed by atoms with Crippen molar-refractivity contribution in [3.63, 3.8) is 0 Å². The summed E-state index contributed by atoms with van der Waals surface area (Å²) in [5.41, 5.74) is 2.13. The Morgan fingerprint density at radius 2 is 1.75 bits per heavy atom. The molecule has 0 aliphatic rings. The van der Waals surface area contributed by atoms with Crippen LogP contribution in [0.5, 0.6) is 0 Å². The van der Waals surface area contributed by atoms with Gasteiger partial charge in [0.25, 0.3) is 0 Å². The number of hydrogen-bond donors (Lipinski definition) is 1. The molecule has 0 atom stereocenters. The largest absolute Gasteiger partial charge is 0.316 e. The predicted octanol–water partition coefficient (Wildman–Crippen LogP) is 2.92. The molecule has 0 spiro atoms. The van der Waals surface area contributed by atoms with E-state index in [1.54, 1.807) is 0 Å². The molecule has 0 aromatic carbocycles. The Morgan fingerprint density at radius 1 is 1.25 bits per heavy atom. The highest BCUT2D eigenvalue weighted by atomic mass is 14.8. The molecule has 0 unspecified atom stereocenters. The summed E-state index contributed by atoms with van der Waals surface area (Å²) < 4.78 is 0. The van der Waals surface area contributed by atoms with E-state index < -0.39 is 0 Å². The molecule has 0 fully saturated rings. The van der Waals surface area contributed by atoms with Crippen LogP contribution >= 0.6 is 0 Å². The monoisotopic (exact) mass is 167 g/mol. The normalized spacial score (nSPS) is 9.00. The summed E-state index contributed by atoms with van der Waals surface area (Å²) in [7, 11) is 1.90. The van der Waals surface area contributed by atoms with E-state index in [1.807, 2.05) is 40.0 Å².